The van der Waals surface area contributed by atoms with Crippen LogP contribution >= 0.6 is 0 Å². The molecule has 0 bridgehead atoms. The van der Waals surface area contributed by atoms with Gasteiger partial charge in [-0.2, -0.15) is 13.2 Å². The summed E-state index contributed by atoms with van der Waals surface area (Å²) in [6.45, 7) is 6.54. The smallest absolute Gasteiger partial charge is 0.310 e. The van der Waals surface area contributed by atoms with Gasteiger partial charge in [0.25, 0.3) is 5.66 Å². The highest BCUT2D eigenvalue weighted by Gasteiger charge is 2.59. The molecule has 0 aromatic heterocycles. The van der Waals surface area contributed by atoms with Crippen molar-refractivity contribution < 1.29 is 18.0 Å². The number of benzene rings is 1. The fourth-order valence-corrected chi connectivity index (χ4v) is 1.49. The molecule has 130 valence electrons. The van der Waals surface area contributed by atoms with Crippen LogP contribution < -0.4 is 5.32 Å². The summed E-state index contributed by atoms with van der Waals surface area (Å²) in [5, 5.41) is 8.61. The Kier molecular flexibility index (Phi) is 8.68. The zero-order valence-electron chi connectivity index (χ0n) is 14.1. The number of rotatable bonds is 4. The minimum Gasteiger partial charge on any atom is -0.310 e. The van der Waals surface area contributed by atoms with Crippen LogP contribution in [0.2, 0.25) is 0 Å². The van der Waals surface area contributed by atoms with Crippen molar-refractivity contribution >= 4 is 5.78 Å². The van der Waals surface area contributed by atoms with Gasteiger partial charge in [-0.25, -0.2) is 0 Å². The van der Waals surface area contributed by atoms with E-state index in [1.54, 1.807) is 6.92 Å². The Bertz CT molecular complexity index is 492. The van der Waals surface area contributed by atoms with Gasteiger partial charge in [-0.05, 0) is 32.9 Å². The molecule has 1 aromatic carbocycles. The molecule has 0 spiro atoms. The number of nitrogens with one attached hydrogen (secondary N) is 1. The fourth-order valence-electron chi connectivity index (χ4n) is 1.49. The lowest BCUT2D eigenvalue weighted by atomic mass is 10.0. The van der Waals surface area contributed by atoms with Crippen molar-refractivity contribution in [3.8, 4) is 0 Å². The number of halogens is 3. The van der Waals surface area contributed by atoms with E-state index in [2.05, 4.69) is 15.5 Å². The van der Waals surface area contributed by atoms with Gasteiger partial charge in [0.1, 0.15) is 5.78 Å². The Balaban J connectivity index is 0.000000414. The molecule has 1 aliphatic rings. The van der Waals surface area contributed by atoms with Crippen molar-refractivity contribution in [1.82, 2.24) is 5.32 Å². The lowest BCUT2D eigenvalue weighted by Gasteiger charge is -2.11. The average molecular weight is 331 g/mol. The van der Waals surface area contributed by atoms with Crippen LogP contribution in [-0.4, -0.2) is 30.7 Å². The molecule has 4 nitrogen and oxygen atoms in total. The second-order valence-corrected chi connectivity index (χ2v) is 4.86. The van der Waals surface area contributed by atoms with Crippen molar-refractivity contribution in [3.05, 3.63) is 35.9 Å². The number of hydrogen-bond acceptors (Lipinski definition) is 4. The largest absolute Gasteiger partial charge is 0.437 e. The number of Topliss-reactive ketones (excluding diaryl/α,β-unsaturated/α-hetero) is 1. The quantitative estimate of drug-likeness (QED) is 0.900. The van der Waals surface area contributed by atoms with Gasteiger partial charge < -0.3 is 5.32 Å². The van der Waals surface area contributed by atoms with Crippen LogP contribution in [-0.2, 0) is 11.2 Å². The van der Waals surface area contributed by atoms with E-state index in [1.807, 2.05) is 51.2 Å². The Morgan fingerprint density at radius 3 is 1.96 bits per heavy atom. The first-order chi connectivity index (χ1) is 10.7. The minimum absolute atomic E-state index is 0.0533. The molecule has 1 aromatic rings. The zero-order chi connectivity index (χ0) is 18.1. The summed E-state index contributed by atoms with van der Waals surface area (Å²) in [5.74, 6) is 0.186. The average Bonchev–Trinajstić information content (AvgIpc) is 3.27. The molecule has 0 saturated heterocycles. The molecule has 0 fully saturated rings. The van der Waals surface area contributed by atoms with Gasteiger partial charge in [-0.3, -0.25) is 4.79 Å². The van der Waals surface area contributed by atoms with Gasteiger partial charge in [0, 0.05) is 0 Å². The second-order valence-electron chi connectivity index (χ2n) is 4.86. The van der Waals surface area contributed by atoms with E-state index >= 15 is 0 Å². The monoisotopic (exact) mass is 331 g/mol. The van der Waals surface area contributed by atoms with Gasteiger partial charge in [0.2, 0.25) is 0 Å². The van der Waals surface area contributed by atoms with Crippen LogP contribution in [0.25, 0.3) is 0 Å². The summed E-state index contributed by atoms with van der Waals surface area (Å²) in [4.78, 5) is 11.1. The van der Waals surface area contributed by atoms with E-state index in [9.17, 15) is 18.0 Å². The standard InChI is InChI=1S/C11H15NO.C3H3F3N2.C2H6/c1-9(13)11(12-2)8-10-6-4-3-5-7-10;1-2(7-8-2)3(4,5)6;1-2/h3-7,11-12H,8H2,1-2H3;1H3;1-2H3/t11-;;/m0../s1. The van der Waals surface area contributed by atoms with Crippen molar-refractivity contribution in [2.75, 3.05) is 7.05 Å². The lowest BCUT2D eigenvalue weighted by Crippen LogP contribution is -2.34. The molecule has 1 aliphatic heterocycles. The first-order valence-electron chi connectivity index (χ1n) is 7.42. The van der Waals surface area contributed by atoms with Crippen LogP contribution in [0.4, 0.5) is 13.2 Å². The van der Waals surface area contributed by atoms with Crippen molar-refractivity contribution in [3.63, 3.8) is 0 Å². The van der Waals surface area contributed by atoms with Crippen LogP contribution in [0.5, 0.6) is 0 Å². The first-order valence-corrected chi connectivity index (χ1v) is 7.42. The maximum absolute atomic E-state index is 11.4. The Labute approximate surface area is 135 Å². The highest BCUT2D eigenvalue weighted by Crippen LogP contribution is 2.43. The summed E-state index contributed by atoms with van der Waals surface area (Å²) in [7, 11) is 1.81. The number of alkyl halides is 3. The van der Waals surface area contributed by atoms with E-state index in [-0.39, 0.29) is 11.8 Å². The molecule has 0 radical (unpaired) electrons. The zero-order valence-corrected chi connectivity index (χ0v) is 14.1. The Morgan fingerprint density at radius 1 is 1.22 bits per heavy atom. The number of hydrogen-bond donors (Lipinski definition) is 1. The summed E-state index contributed by atoms with van der Waals surface area (Å²) in [6.07, 6.45) is -3.51. The Morgan fingerprint density at radius 2 is 1.70 bits per heavy atom. The van der Waals surface area contributed by atoms with Crippen molar-refractivity contribution in [2.45, 2.75) is 52.0 Å². The molecule has 0 amide bonds. The SMILES string of the molecule is CC.CC1(C(F)(F)F)N=N1.CN[C@@H](Cc1ccccc1)C(C)=O. The van der Waals surface area contributed by atoms with Gasteiger partial charge in [-0.15, -0.1) is 10.2 Å². The van der Waals surface area contributed by atoms with E-state index < -0.39 is 11.8 Å². The van der Waals surface area contributed by atoms with E-state index in [4.69, 9.17) is 0 Å². The number of ketones is 1. The van der Waals surface area contributed by atoms with Crippen LogP contribution in [0.15, 0.2) is 40.6 Å². The summed E-state index contributed by atoms with van der Waals surface area (Å²) >= 11 is 0. The molecule has 1 atom stereocenters. The van der Waals surface area contributed by atoms with Gasteiger partial charge in [0.15, 0.2) is 0 Å². The third-order valence-corrected chi connectivity index (χ3v) is 3.06. The predicted molar refractivity (Wildman–Crippen MR) is 84.3 cm³/mol. The molecule has 0 unspecified atom stereocenters. The van der Waals surface area contributed by atoms with Crippen LogP contribution in [0.1, 0.15) is 33.3 Å². The number of likely N-dealkylation sites (N-methyl/N-ethyl adjacent to an activating group) is 1. The summed E-state index contributed by atoms with van der Waals surface area (Å²) in [5.41, 5.74) is -0.871. The molecule has 2 rings (SSSR count). The maximum Gasteiger partial charge on any atom is 0.437 e. The third-order valence-electron chi connectivity index (χ3n) is 3.06. The first kappa shape index (κ1) is 21.2. The van der Waals surface area contributed by atoms with Crippen LogP contribution in [0, 0.1) is 0 Å². The molecule has 23 heavy (non-hydrogen) atoms. The molecular formula is C16H24F3N3O. The minimum atomic E-state index is -4.28. The van der Waals surface area contributed by atoms with E-state index in [1.165, 1.54) is 5.56 Å². The summed E-state index contributed by atoms with van der Waals surface area (Å²) < 4.78 is 34.3. The van der Waals surface area contributed by atoms with E-state index in [0.717, 1.165) is 13.3 Å². The molecule has 1 N–H and O–H groups in total. The predicted octanol–water partition coefficient (Wildman–Crippen LogP) is 4.16. The number of carbonyl (C=O) groups excluding carboxylic acids is 1. The highest BCUT2D eigenvalue weighted by atomic mass is 19.4. The Hall–Kier alpha value is -1.76. The second kappa shape index (κ2) is 9.39. The van der Waals surface area contributed by atoms with Gasteiger partial charge >= 0.3 is 6.18 Å². The maximum atomic E-state index is 11.4. The topological polar surface area (TPSA) is 53.8 Å². The van der Waals surface area contributed by atoms with Crippen LogP contribution in [0.3, 0.4) is 0 Å². The van der Waals surface area contributed by atoms with Crippen molar-refractivity contribution in [1.29, 1.82) is 0 Å². The van der Waals surface area contributed by atoms with Gasteiger partial charge in [-0.1, -0.05) is 44.2 Å². The number of carbonyl (C=O) groups is 1. The third kappa shape index (κ3) is 7.36. The fraction of sp³-hybridized carbons (Fsp3) is 0.562. The molecule has 0 aliphatic carbocycles. The normalized spacial score (nSPS) is 15.5. The molecular weight excluding hydrogens is 307 g/mol. The molecule has 1 heterocycles. The summed E-state index contributed by atoms with van der Waals surface area (Å²) in [6, 6.07) is 9.97. The number of nitrogens with zero attached hydrogens (tertiary/aromatic N) is 2. The van der Waals surface area contributed by atoms with Gasteiger partial charge in [0.05, 0.1) is 6.04 Å². The highest BCUT2D eigenvalue weighted by molar-refractivity contribution is 5.81. The molecule has 7 heteroatoms. The van der Waals surface area contributed by atoms with Crippen molar-refractivity contribution in [2.24, 2.45) is 10.2 Å². The van der Waals surface area contributed by atoms with E-state index in [0.29, 0.717) is 0 Å². The molecule has 0 saturated carbocycles. The lowest BCUT2D eigenvalue weighted by molar-refractivity contribution is -0.158.